The predicted molar refractivity (Wildman–Crippen MR) is 67.1 cm³/mol. The van der Waals surface area contributed by atoms with Crippen LogP contribution in [0.2, 0.25) is 0 Å². The Kier molecular flexibility index (Phi) is 3.75. The highest BCUT2D eigenvalue weighted by Gasteiger charge is 2.29. The molecule has 0 bridgehead atoms. The summed E-state index contributed by atoms with van der Waals surface area (Å²) < 4.78 is 1.64. The standard InChI is InChI=1S/C10H13N5O4/c1-6(5-11)12(2)8-7(15(18)19)9(16)14(4)10(17)13(8)3/h6H,1-4H3/t6-/m1/s1. The molecule has 0 radical (unpaired) electrons. The van der Waals surface area contributed by atoms with Gasteiger partial charge in [-0.3, -0.25) is 24.0 Å². The SMILES string of the molecule is C[C@H](C#N)N(C)c1c([N+](=O)[O-])c(=O)n(C)c(=O)n1C. The fourth-order valence-electron chi connectivity index (χ4n) is 1.65. The lowest BCUT2D eigenvalue weighted by Crippen LogP contribution is -2.43. The van der Waals surface area contributed by atoms with Gasteiger partial charge in [-0.1, -0.05) is 0 Å². The van der Waals surface area contributed by atoms with E-state index in [0.717, 1.165) is 11.6 Å². The number of nitro groups is 1. The molecule has 0 saturated carbocycles. The number of anilines is 1. The third-order valence-corrected chi connectivity index (χ3v) is 2.90. The van der Waals surface area contributed by atoms with Crippen molar-refractivity contribution < 1.29 is 4.92 Å². The van der Waals surface area contributed by atoms with E-state index in [1.165, 1.54) is 25.9 Å². The van der Waals surface area contributed by atoms with Crippen LogP contribution in [0.15, 0.2) is 9.59 Å². The second kappa shape index (κ2) is 4.93. The van der Waals surface area contributed by atoms with E-state index in [1.54, 1.807) is 0 Å². The maximum absolute atomic E-state index is 11.8. The van der Waals surface area contributed by atoms with E-state index in [4.69, 9.17) is 5.26 Å². The van der Waals surface area contributed by atoms with Crippen molar-refractivity contribution in [3.05, 3.63) is 31.0 Å². The van der Waals surface area contributed by atoms with Crippen LogP contribution in [0.25, 0.3) is 0 Å². The van der Waals surface area contributed by atoms with E-state index < -0.39 is 27.9 Å². The first-order chi connectivity index (χ1) is 8.73. The second-order valence-corrected chi connectivity index (χ2v) is 4.05. The summed E-state index contributed by atoms with van der Waals surface area (Å²) in [7, 11) is 3.88. The first-order valence-electron chi connectivity index (χ1n) is 5.30. The number of rotatable bonds is 3. The number of hydrogen-bond acceptors (Lipinski definition) is 6. The van der Waals surface area contributed by atoms with Gasteiger partial charge < -0.3 is 4.90 Å². The van der Waals surface area contributed by atoms with Crippen molar-refractivity contribution >= 4 is 11.5 Å². The molecule has 9 heteroatoms. The van der Waals surface area contributed by atoms with Crippen LogP contribution in [-0.4, -0.2) is 27.1 Å². The zero-order valence-electron chi connectivity index (χ0n) is 10.9. The van der Waals surface area contributed by atoms with Gasteiger partial charge in [0.2, 0.25) is 0 Å². The normalized spacial score (nSPS) is 11.7. The van der Waals surface area contributed by atoms with Gasteiger partial charge in [-0.05, 0) is 6.92 Å². The molecule has 0 N–H and O–H groups in total. The Hall–Kier alpha value is -2.63. The lowest BCUT2D eigenvalue weighted by molar-refractivity contribution is -0.386. The van der Waals surface area contributed by atoms with Crippen molar-refractivity contribution in [3.8, 4) is 6.07 Å². The summed E-state index contributed by atoms with van der Waals surface area (Å²) in [5.41, 5.74) is -2.42. The molecule has 0 unspecified atom stereocenters. The van der Waals surface area contributed by atoms with Crippen LogP contribution < -0.4 is 16.1 Å². The smallest absolute Gasteiger partial charge is 0.339 e. The molecule has 102 valence electrons. The Labute approximate surface area is 108 Å². The minimum absolute atomic E-state index is 0.188. The Morgan fingerprint density at radius 1 is 1.37 bits per heavy atom. The molecular weight excluding hydrogens is 254 g/mol. The first-order valence-corrected chi connectivity index (χ1v) is 5.30. The Bertz CT molecular complexity index is 681. The van der Waals surface area contributed by atoms with E-state index in [9.17, 15) is 19.7 Å². The van der Waals surface area contributed by atoms with Crippen LogP contribution in [-0.2, 0) is 14.1 Å². The quantitative estimate of drug-likeness (QED) is 0.530. The number of nitriles is 1. The zero-order chi connectivity index (χ0) is 14.9. The molecule has 1 rings (SSSR count). The van der Waals surface area contributed by atoms with E-state index in [-0.39, 0.29) is 5.82 Å². The lowest BCUT2D eigenvalue weighted by atomic mass is 10.3. The van der Waals surface area contributed by atoms with Crippen molar-refractivity contribution in [2.75, 3.05) is 11.9 Å². The van der Waals surface area contributed by atoms with Crippen molar-refractivity contribution in [1.29, 1.82) is 5.26 Å². The summed E-state index contributed by atoms with van der Waals surface area (Å²) in [6, 6.07) is 1.16. The topological polar surface area (TPSA) is 114 Å². The van der Waals surface area contributed by atoms with E-state index in [0.29, 0.717) is 4.57 Å². The summed E-state index contributed by atoms with van der Waals surface area (Å²) in [6.45, 7) is 1.51. The average molecular weight is 267 g/mol. The second-order valence-electron chi connectivity index (χ2n) is 4.05. The highest BCUT2D eigenvalue weighted by molar-refractivity contribution is 5.58. The molecule has 0 amide bonds. The summed E-state index contributed by atoms with van der Waals surface area (Å²) in [5.74, 6) is -0.188. The van der Waals surface area contributed by atoms with Gasteiger partial charge in [0, 0.05) is 21.1 Å². The van der Waals surface area contributed by atoms with Gasteiger partial charge >= 0.3 is 16.9 Å². The van der Waals surface area contributed by atoms with Gasteiger partial charge in [-0.25, -0.2) is 4.79 Å². The highest BCUT2D eigenvalue weighted by atomic mass is 16.6. The molecule has 9 nitrogen and oxygen atoms in total. The molecule has 0 aliphatic heterocycles. The van der Waals surface area contributed by atoms with Gasteiger partial charge in [0.15, 0.2) is 5.82 Å². The van der Waals surface area contributed by atoms with Crippen LogP contribution in [0.5, 0.6) is 0 Å². The van der Waals surface area contributed by atoms with Crippen molar-refractivity contribution in [2.45, 2.75) is 13.0 Å². The lowest BCUT2D eigenvalue weighted by Gasteiger charge is -2.23. The molecule has 1 heterocycles. The van der Waals surface area contributed by atoms with Crippen molar-refractivity contribution in [2.24, 2.45) is 14.1 Å². The fourth-order valence-corrected chi connectivity index (χ4v) is 1.65. The average Bonchev–Trinajstić information content (AvgIpc) is 2.37. The van der Waals surface area contributed by atoms with Crippen LogP contribution >= 0.6 is 0 Å². The van der Waals surface area contributed by atoms with Crippen LogP contribution in [0.1, 0.15) is 6.92 Å². The molecule has 19 heavy (non-hydrogen) atoms. The van der Waals surface area contributed by atoms with Gasteiger partial charge in [0.1, 0.15) is 6.04 Å². The molecule has 0 fully saturated rings. The van der Waals surface area contributed by atoms with Crippen molar-refractivity contribution in [1.82, 2.24) is 9.13 Å². The Morgan fingerprint density at radius 3 is 2.32 bits per heavy atom. The molecular formula is C10H13N5O4. The van der Waals surface area contributed by atoms with Crippen molar-refractivity contribution in [3.63, 3.8) is 0 Å². The molecule has 0 aliphatic rings. The molecule has 1 aromatic rings. The summed E-state index contributed by atoms with van der Waals surface area (Å²) in [4.78, 5) is 35.0. The van der Waals surface area contributed by atoms with Gasteiger partial charge in [-0.2, -0.15) is 5.26 Å². The largest absolute Gasteiger partial charge is 0.374 e. The van der Waals surface area contributed by atoms with Crippen LogP contribution in [0.3, 0.4) is 0 Å². The maximum Gasteiger partial charge on any atom is 0.374 e. The van der Waals surface area contributed by atoms with E-state index in [2.05, 4.69) is 0 Å². The molecule has 0 spiro atoms. The monoisotopic (exact) mass is 267 g/mol. The van der Waals surface area contributed by atoms with Crippen LogP contribution in [0.4, 0.5) is 11.5 Å². The minimum Gasteiger partial charge on any atom is -0.339 e. The fraction of sp³-hybridized carbons (Fsp3) is 0.500. The van der Waals surface area contributed by atoms with E-state index in [1.807, 2.05) is 6.07 Å². The molecule has 0 aromatic carbocycles. The van der Waals surface area contributed by atoms with E-state index >= 15 is 0 Å². The summed E-state index contributed by atoms with van der Waals surface area (Å²) >= 11 is 0. The van der Waals surface area contributed by atoms with Gasteiger partial charge in [0.05, 0.1) is 11.0 Å². The third-order valence-electron chi connectivity index (χ3n) is 2.90. The Balaban J connectivity index is 3.83. The zero-order valence-corrected chi connectivity index (χ0v) is 10.9. The summed E-state index contributed by atoms with van der Waals surface area (Å²) in [6.07, 6.45) is 0. The number of hydrogen-bond donors (Lipinski definition) is 0. The molecule has 0 saturated heterocycles. The minimum atomic E-state index is -1.000. The van der Waals surface area contributed by atoms with Gasteiger partial charge in [-0.15, -0.1) is 0 Å². The maximum atomic E-state index is 11.8. The third kappa shape index (κ3) is 2.20. The number of aromatic nitrogens is 2. The molecule has 0 aliphatic carbocycles. The highest BCUT2D eigenvalue weighted by Crippen LogP contribution is 2.22. The summed E-state index contributed by atoms with van der Waals surface area (Å²) in [5, 5.41) is 19.9. The first kappa shape index (κ1) is 14.4. The molecule has 1 atom stereocenters. The molecule has 1 aromatic heterocycles. The van der Waals surface area contributed by atoms with Crippen LogP contribution in [0, 0.1) is 21.4 Å². The van der Waals surface area contributed by atoms with Gasteiger partial charge in [0.25, 0.3) is 0 Å². The predicted octanol–water partition coefficient (Wildman–Crippen LogP) is -0.660. The number of nitrogens with zero attached hydrogens (tertiary/aromatic N) is 5. The Morgan fingerprint density at radius 2 is 1.89 bits per heavy atom.